The molecule has 0 aliphatic heterocycles. The minimum atomic E-state index is -0.354. The standard InChI is InChI=1S/C25H44O4/c1-16(2)13-23(5)14-20(29-15-27-7)24(6)17(3)9-11-25(18(4)22(23)26)12-10-19(28-8)21(24)25/h16-21H,9-15H2,1-8H3/t17-,18+,19-,20-,21?,23-,24+,25?/m1/s1. The van der Waals surface area contributed by atoms with Gasteiger partial charge in [0, 0.05) is 31.0 Å². The molecule has 0 aromatic heterocycles. The molecule has 0 saturated heterocycles. The molecule has 0 N–H and O–H groups in total. The summed E-state index contributed by atoms with van der Waals surface area (Å²) in [6, 6.07) is 0. The van der Waals surface area contributed by atoms with Gasteiger partial charge in [-0.3, -0.25) is 4.79 Å². The van der Waals surface area contributed by atoms with Crippen molar-refractivity contribution in [1.29, 1.82) is 0 Å². The smallest absolute Gasteiger partial charge is 0.146 e. The summed E-state index contributed by atoms with van der Waals surface area (Å²) in [7, 11) is 3.54. The van der Waals surface area contributed by atoms with Crippen LogP contribution in [0, 0.1) is 39.9 Å². The minimum absolute atomic E-state index is 0.00178. The first-order chi connectivity index (χ1) is 13.6. The fourth-order valence-electron chi connectivity index (χ4n) is 7.97. The highest BCUT2D eigenvalue weighted by atomic mass is 16.7. The molecule has 0 aromatic carbocycles. The Balaban J connectivity index is 2.17. The van der Waals surface area contributed by atoms with Crippen molar-refractivity contribution in [2.45, 2.75) is 92.3 Å². The van der Waals surface area contributed by atoms with Crippen molar-refractivity contribution in [2.24, 2.45) is 39.9 Å². The van der Waals surface area contributed by atoms with E-state index in [1.165, 1.54) is 0 Å². The van der Waals surface area contributed by atoms with E-state index in [9.17, 15) is 4.79 Å². The van der Waals surface area contributed by atoms with Gasteiger partial charge in [-0.15, -0.1) is 0 Å². The number of ether oxygens (including phenoxy) is 3. The number of Topliss-reactive ketones (excluding diaryl/α,β-unsaturated/α-hetero) is 1. The molecule has 29 heavy (non-hydrogen) atoms. The minimum Gasteiger partial charge on any atom is -0.381 e. The molecule has 168 valence electrons. The third kappa shape index (κ3) is 3.51. The van der Waals surface area contributed by atoms with E-state index in [1.54, 1.807) is 7.11 Å². The maximum Gasteiger partial charge on any atom is 0.146 e. The number of rotatable bonds is 6. The van der Waals surface area contributed by atoms with Crippen molar-refractivity contribution in [3.05, 3.63) is 0 Å². The van der Waals surface area contributed by atoms with Crippen LogP contribution in [-0.4, -0.2) is 39.0 Å². The van der Waals surface area contributed by atoms with Gasteiger partial charge in [0.25, 0.3) is 0 Å². The Kier molecular flexibility index (Phi) is 6.60. The maximum absolute atomic E-state index is 14.1. The highest BCUT2D eigenvalue weighted by Gasteiger charge is 2.68. The lowest BCUT2D eigenvalue weighted by atomic mass is 9.43. The van der Waals surface area contributed by atoms with E-state index in [0.717, 1.165) is 38.5 Å². The Labute approximate surface area is 178 Å². The second-order valence-electron chi connectivity index (χ2n) is 11.3. The van der Waals surface area contributed by atoms with Crippen LogP contribution < -0.4 is 0 Å². The number of carbonyl (C=O) groups excluding carboxylic acids is 1. The monoisotopic (exact) mass is 408 g/mol. The van der Waals surface area contributed by atoms with Crippen LogP contribution in [0.15, 0.2) is 0 Å². The van der Waals surface area contributed by atoms with E-state index >= 15 is 0 Å². The summed E-state index contributed by atoms with van der Waals surface area (Å²) in [6.07, 6.45) is 6.35. The average molecular weight is 409 g/mol. The van der Waals surface area contributed by atoms with Crippen LogP contribution in [-0.2, 0) is 19.0 Å². The first kappa shape index (κ1) is 23.2. The van der Waals surface area contributed by atoms with Crippen LogP contribution in [0.25, 0.3) is 0 Å². The highest BCUT2D eigenvalue weighted by molar-refractivity contribution is 5.87. The Morgan fingerprint density at radius 1 is 1.10 bits per heavy atom. The summed E-state index contributed by atoms with van der Waals surface area (Å²) in [5.41, 5.74) is -0.346. The predicted octanol–water partition coefficient (Wildman–Crippen LogP) is 5.48. The number of carbonyl (C=O) groups is 1. The molecule has 8 atom stereocenters. The molecule has 2 unspecified atom stereocenters. The average Bonchev–Trinajstić information content (AvgIpc) is 3.06. The number of methoxy groups -OCH3 is 2. The van der Waals surface area contributed by atoms with Crippen molar-refractivity contribution < 1.29 is 19.0 Å². The van der Waals surface area contributed by atoms with E-state index in [4.69, 9.17) is 14.2 Å². The van der Waals surface area contributed by atoms with Gasteiger partial charge < -0.3 is 14.2 Å². The lowest BCUT2D eigenvalue weighted by molar-refractivity contribution is -0.220. The molecule has 3 aliphatic carbocycles. The Bertz CT molecular complexity index is 604. The molecule has 3 saturated carbocycles. The molecule has 0 radical (unpaired) electrons. The molecule has 0 aromatic rings. The number of hydrogen-bond donors (Lipinski definition) is 0. The summed E-state index contributed by atoms with van der Waals surface area (Å²) in [6.45, 7) is 14.0. The largest absolute Gasteiger partial charge is 0.381 e. The van der Waals surface area contributed by atoms with Crippen LogP contribution in [0.4, 0.5) is 0 Å². The Morgan fingerprint density at radius 3 is 2.34 bits per heavy atom. The van der Waals surface area contributed by atoms with Crippen molar-refractivity contribution in [3.63, 3.8) is 0 Å². The van der Waals surface area contributed by atoms with Crippen LogP contribution >= 0.6 is 0 Å². The fourth-order valence-corrected chi connectivity index (χ4v) is 7.97. The molecule has 2 bridgehead atoms. The molecule has 0 amide bonds. The fraction of sp³-hybridized carbons (Fsp3) is 0.960. The maximum atomic E-state index is 14.1. The molecule has 3 rings (SSSR count). The van der Waals surface area contributed by atoms with Crippen LogP contribution in [0.1, 0.15) is 80.1 Å². The van der Waals surface area contributed by atoms with E-state index in [0.29, 0.717) is 23.5 Å². The van der Waals surface area contributed by atoms with E-state index in [1.807, 2.05) is 7.11 Å². The van der Waals surface area contributed by atoms with Crippen molar-refractivity contribution in [2.75, 3.05) is 21.0 Å². The lowest BCUT2D eigenvalue weighted by Crippen LogP contribution is -2.63. The Morgan fingerprint density at radius 2 is 1.76 bits per heavy atom. The van der Waals surface area contributed by atoms with E-state index in [2.05, 4.69) is 41.5 Å². The molecule has 3 aliphatic rings. The summed E-state index contributed by atoms with van der Waals surface area (Å²) in [5.74, 6) is 1.89. The Hall–Kier alpha value is -0.450. The second kappa shape index (κ2) is 8.24. The molecule has 4 nitrogen and oxygen atoms in total. The quantitative estimate of drug-likeness (QED) is 0.546. The van der Waals surface area contributed by atoms with Crippen molar-refractivity contribution in [1.82, 2.24) is 0 Å². The molecule has 0 spiro atoms. The number of hydrogen-bond acceptors (Lipinski definition) is 4. The normalized spacial score (nSPS) is 47.8. The third-order valence-electron chi connectivity index (χ3n) is 9.39. The van der Waals surface area contributed by atoms with Crippen LogP contribution in [0.3, 0.4) is 0 Å². The zero-order chi connectivity index (χ0) is 21.6. The van der Waals surface area contributed by atoms with Gasteiger partial charge in [0.05, 0.1) is 12.2 Å². The van der Waals surface area contributed by atoms with Gasteiger partial charge in [-0.2, -0.15) is 0 Å². The van der Waals surface area contributed by atoms with Gasteiger partial charge in [0.1, 0.15) is 12.6 Å². The summed E-state index contributed by atoms with van der Waals surface area (Å²) < 4.78 is 17.9. The second-order valence-corrected chi connectivity index (χ2v) is 11.3. The molecular formula is C25H44O4. The molecule has 4 heteroatoms. The first-order valence-corrected chi connectivity index (χ1v) is 11.7. The van der Waals surface area contributed by atoms with Crippen LogP contribution in [0.2, 0.25) is 0 Å². The summed E-state index contributed by atoms with van der Waals surface area (Å²) in [5, 5.41) is 0. The zero-order valence-corrected chi connectivity index (χ0v) is 20.0. The van der Waals surface area contributed by atoms with E-state index in [-0.39, 0.29) is 41.2 Å². The first-order valence-electron chi connectivity index (χ1n) is 11.7. The van der Waals surface area contributed by atoms with Gasteiger partial charge in [0.15, 0.2) is 0 Å². The SMILES string of the molecule is COCO[C@@H]1C[C@@](C)(CC(C)C)C(=O)[C@H](C)C23CC[C@@H](C)[C@]1(C)C2[C@H](OC)CC3. The number of ketones is 1. The molecule has 0 heterocycles. The third-order valence-corrected chi connectivity index (χ3v) is 9.39. The van der Waals surface area contributed by atoms with Gasteiger partial charge in [0.2, 0.25) is 0 Å². The van der Waals surface area contributed by atoms with Crippen molar-refractivity contribution >= 4 is 5.78 Å². The predicted molar refractivity (Wildman–Crippen MR) is 116 cm³/mol. The van der Waals surface area contributed by atoms with Gasteiger partial charge >= 0.3 is 0 Å². The lowest BCUT2D eigenvalue weighted by Gasteiger charge is -2.62. The summed E-state index contributed by atoms with van der Waals surface area (Å²) in [4.78, 5) is 14.1. The highest BCUT2D eigenvalue weighted by Crippen LogP contribution is 2.69. The van der Waals surface area contributed by atoms with Gasteiger partial charge in [-0.05, 0) is 61.7 Å². The van der Waals surface area contributed by atoms with Crippen LogP contribution in [0.5, 0.6) is 0 Å². The van der Waals surface area contributed by atoms with E-state index < -0.39 is 0 Å². The molecule has 3 fully saturated rings. The van der Waals surface area contributed by atoms with Gasteiger partial charge in [-0.1, -0.05) is 41.5 Å². The molecular weight excluding hydrogens is 364 g/mol. The summed E-state index contributed by atoms with van der Waals surface area (Å²) >= 11 is 0. The zero-order valence-electron chi connectivity index (χ0n) is 20.0. The van der Waals surface area contributed by atoms with Crippen molar-refractivity contribution in [3.8, 4) is 0 Å². The van der Waals surface area contributed by atoms with Gasteiger partial charge in [-0.25, -0.2) is 0 Å². The topological polar surface area (TPSA) is 44.8 Å².